The third-order valence-electron chi connectivity index (χ3n) is 3.23. The second-order valence-corrected chi connectivity index (χ2v) is 5.30. The predicted octanol–water partition coefficient (Wildman–Crippen LogP) is 2.85. The summed E-state index contributed by atoms with van der Waals surface area (Å²) < 4.78 is 0. The van der Waals surface area contributed by atoms with Gasteiger partial charge in [0.25, 0.3) is 0 Å². The fourth-order valence-corrected chi connectivity index (χ4v) is 2.11. The monoisotopic (exact) mass is 278 g/mol. The third kappa shape index (κ3) is 4.94. The molecular formula is C16H26N2O2. The van der Waals surface area contributed by atoms with Gasteiger partial charge >= 0.3 is 0 Å². The zero-order chi connectivity index (χ0) is 15.1. The van der Waals surface area contributed by atoms with E-state index in [0.717, 1.165) is 17.7 Å². The van der Waals surface area contributed by atoms with Gasteiger partial charge in [-0.3, -0.25) is 4.79 Å². The van der Waals surface area contributed by atoms with E-state index in [2.05, 4.69) is 31.4 Å². The van der Waals surface area contributed by atoms with Crippen molar-refractivity contribution in [2.75, 3.05) is 5.32 Å². The standard InChI is InChI=1S/C16H26N2O2/c1-5-14(17-11(3)4)16(20)12-7-9-13(10-8-12)18-15(19)6-2/h7-11,14,16-17,20H,5-6H2,1-4H3,(H,18,19). The molecule has 0 heterocycles. The van der Waals surface area contributed by atoms with Crippen LogP contribution in [0.5, 0.6) is 0 Å². The molecule has 1 rings (SSSR count). The summed E-state index contributed by atoms with van der Waals surface area (Å²) in [6.07, 6.45) is 0.771. The Morgan fingerprint density at radius 3 is 2.25 bits per heavy atom. The van der Waals surface area contributed by atoms with E-state index in [1.165, 1.54) is 0 Å². The summed E-state index contributed by atoms with van der Waals surface area (Å²) in [5.41, 5.74) is 1.62. The van der Waals surface area contributed by atoms with Crippen molar-refractivity contribution in [1.29, 1.82) is 0 Å². The van der Waals surface area contributed by atoms with Crippen molar-refractivity contribution in [2.45, 2.75) is 58.7 Å². The van der Waals surface area contributed by atoms with Gasteiger partial charge in [0.15, 0.2) is 0 Å². The minimum Gasteiger partial charge on any atom is -0.387 e. The Bertz CT molecular complexity index is 415. The van der Waals surface area contributed by atoms with Gasteiger partial charge in [0, 0.05) is 24.2 Å². The fourth-order valence-electron chi connectivity index (χ4n) is 2.11. The van der Waals surface area contributed by atoms with E-state index >= 15 is 0 Å². The number of aliphatic hydroxyl groups is 1. The summed E-state index contributed by atoms with van der Waals surface area (Å²) in [5, 5.41) is 16.6. The average Bonchev–Trinajstić information content (AvgIpc) is 2.44. The molecule has 0 aromatic heterocycles. The van der Waals surface area contributed by atoms with Crippen molar-refractivity contribution in [2.24, 2.45) is 0 Å². The Labute approximate surface area is 121 Å². The first-order chi connectivity index (χ1) is 9.47. The first-order valence-corrected chi connectivity index (χ1v) is 7.31. The molecule has 4 nitrogen and oxygen atoms in total. The molecule has 0 fully saturated rings. The normalized spacial score (nSPS) is 14.1. The molecule has 0 aliphatic rings. The molecule has 1 aromatic carbocycles. The maximum atomic E-state index is 11.3. The highest BCUT2D eigenvalue weighted by Crippen LogP contribution is 2.21. The smallest absolute Gasteiger partial charge is 0.224 e. The van der Waals surface area contributed by atoms with Crippen LogP contribution in [0, 0.1) is 0 Å². The molecule has 0 saturated heterocycles. The molecule has 4 heteroatoms. The molecule has 0 aliphatic heterocycles. The minimum absolute atomic E-state index is 0.00814. The number of hydrogen-bond donors (Lipinski definition) is 3. The molecular weight excluding hydrogens is 252 g/mol. The van der Waals surface area contributed by atoms with Crippen LogP contribution in [0.4, 0.5) is 5.69 Å². The molecule has 0 aliphatic carbocycles. The van der Waals surface area contributed by atoms with Gasteiger partial charge in [-0.15, -0.1) is 0 Å². The first-order valence-electron chi connectivity index (χ1n) is 7.31. The summed E-state index contributed by atoms with van der Waals surface area (Å²) in [6, 6.07) is 7.74. The van der Waals surface area contributed by atoms with Gasteiger partial charge in [-0.2, -0.15) is 0 Å². The lowest BCUT2D eigenvalue weighted by atomic mass is 9.99. The SMILES string of the molecule is CCC(=O)Nc1ccc(C(O)C(CC)NC(C)C)cc1. The van der Waals surface area contributed by atoms with E-state index in [9.17, 15) is 9.90 Å². The number of aliphatic hydroxyl groups excluding tert-OH is 1. The summed E-state index contributed by atoms with van der Waals surface area (Å²) in [4.78, 5) is 11.3. The fraction of sp³-hybridized carbons (Fsp3) is 0.562. The van der Waals surface area contributed by atoms with Crippen LogP contribution in [-0.2, 0) is 4.79 Å². The van der Waals surface area contributed by atoms with Gasteiger partial charge in [0.1, 0.15) is 0 Å². The molecule has 3 N–H and O–H groups in total. The average molecular weight is 278 g/mol. The zero-order valence-electron chi connectivity index (χ0n) is 12.8. The van der Waals surface area contributed by atoms with Crippen LogP contribution in [0.2, 0.25) is 0 Å². The van der Waals surface area contributed by atoms with Crippen molar-refractivity contribution in [3.8, 4) is 0 Å². The van der Waals surface area contributed by atoms with Crippen molar-refractivity contribution in [1.82, 2.24) is 5.32 Å². The van der Waals surface area contributed by atoms with Crippen LogP contribution in [0.25, 0.3) is 0 Å². The summed E-state index contributed by atoms with van der Waals surface area (Å²) in [6.45, 7) is 8.01. The number of amides is 1. The Balaban J connectivity index is 2.73. The van der Waals surface area contributed by atoms with Gasteiger partial charge in [0.05, 0.1) is 6.10 Å². The molecule has 0 spiro atoms. The Hall–Kier alpha value is -1.39. The van der Waals surface area contributed by atoms with Crippen molar-refractivity contribution in [3.63, 3.8) is 0 Å². The molecule has 1 amide bonds. The van der Waals surface area contributed by atoms with E-state index < -0.39 is 6.10 Å². The number of carbonyl (C=O) groups excluding carboxylic acids is 1. The highest BCUT2D eigenvalue weighted by molar-refractivity contribution is 5.90. The third-order valence-corrected chi connectivity index (χ3v) is 3.23. The van der Waals surface area contributed by atoms with Gasteiger partial charge in [-0.05, 0) is 24.1 Å². The van der Waals surface area contributed by atoms with Crippen LogP contribution >= 0.6 is 0 Å². The molecule has 0 bridgehead atoms. The van der Waals surface area contributed by atoms with Gasteiger partial charge in [0.2, 0.25) is 5.91 Å². The quantitative estimate of drug-likeness (QED) is 0.718. The molecule has 20 heavy (non-hydrogen) atoms. The van der Waals surface area contributed by atoms with Crippen LogP contribution in [-0.4, -0.2) is 23.1 Å². The van der Waals surface area contributed by atoms with E-state index in [1.54, 1.807) is 0 Å². The first kappa shape index (κ1) is 16.7. The molecule has 112 valence electrons. The number of nitrogens with one attached hydrogen (secondary N) is 2. The lowest BCUT2D eigenvalue weighted by Crippen LogP contribution is -2.38. The molecule has 0 radical (unpaired) electrons. The maximum Gasteiger partial charge on any atom is 0.224 e. The highest BCUT2D eigenvalue weighted by atomic mass is 16.3. The molecule has 2 unspecified atom stereocenters. The van der Waals surface area contributed by atoms with Crippen LogP contribution < -0.4 is 10.6 Å². The summed E-state index contributed by atoms with van der Waals surface area (Å²) in [5.74, 6) is -0.00814. The van der Waals surface area contributed by atoms with Gasteiger partial charge in [-0.25, -0.2) is 0 Å². The van der Waals surface area contributed by atoms with Crippen LogP contribution in [0.15, 0.2) is 24.3 Å². The van der Waals surface area contributed by atoms with Crippen molar-refractivity contribution in [3.05, 3.63) is 29.8 Å². The summed E-state index contributed by atoms with van der Waals surface area (Å²) >= 11 is 0. The zero-order valence-corrected chi connectivity index (χ0v) is 12.8. The van der Waals surface area contributed by atoms with Crippen LogP contribution in [0.3, 0.4) is 0 Å². The summed E-state index contributed by atoms with van der Waals surface area (Å²) in [7, 11) is 0. The maximum absolute atomic E-state index is 11.3. The van der Waals surface area contributed by atoms with Gasteiger partial charge < -0.3 is 15.7 Å². The largest absolute Gasteiger partial charge is 0.387 e. The number of hydrogen-bond acceptors (Lipinski definition) is 3. The molecule has 0 saturated carbocycles. The highest BCUT2D eigenvalue weighted by Gasteiger charge is 2.19. The number of anilines is 1. The van der Waals surface area contributed by atoms with E-state index in [0.29, 0.717) is 12.5 Å². The lowest BCUT2D eigenvalue weighted by molar-refractivity contribution is -0.115. The van der Waals surface area contributed by atoms with Crippen molar-refractivity contribution < 1.29 is 9.90 Å². The van der Waals surface area contributed by atoms with E-state index in [1.807, 2.05) is 31.2 Å². The molecule has 1 aromatic rings. The second kappa shape index (κ2) is 8.02. The minimum atomic E-state index is -0.543. The second-order valence-electron chi connectivity index (χ2n) is 5.30. The topological polar surface area (TPSA) is 61.4 Å². The van der Waals surface area contributed by atoms with Crippen molar-refractivity contribution >= 4 is 11.6 Å². The van der Waals surface area contributed by atoms with Crippen LogP contribution in [0.1, 0.15) is 52.2 Å². The Kier molecular flexibility index (Phi) is 6.68. The molecule has 2 atom stereocenters. The van der Waals surface area contributed by atoms with Gasteiger partial charge in [-0.1, -0.05) is 39.8 Å². The lowest BCUT2D eigenvalue weighted by Gasteiger charge is -2.25. The predicted molar refractivity (Wildman–Crippen MR) is 82.7 cm³/mol. The number of carbonyl (C=O) groups is 1. The number of benzene rings is 1. The number of rotatable bonds is 7. The Morgan fingerprint density at radius 2 is 1.80 bits per heavy atom. The Morgan fingerprint density at radius 1 is 1.20 bits per heavy atom. The van der Waals surface area contributed by atoms with E-state index in [-0.39, 0.29) is 11.9 Å². The van der Waals surface area contributed by atoms with E-state index in [4.69, 9.17) is 0 Å².